The van der Waals surface area contributed by atoms with Crippen LogP contribution in [0, 0.1) is 5.82 Å². The molecular weight excluding hydrogens is 503 g/mol. The SMILES string of the molecule is C/C(=N\NC(=O)Cc1nn(Cc2ccc(Br)cc2F)c(=O)c2ccccc12)c1ccc(O)cc1. The molecule has 0 radical (unpaired) electrons. The number of nitrogens with zero attached hydrogens (tertiary/aromatic N) is 3. The predicted octanol–water partition coefficient (Wildman–Crippen LogP) is 4.13. The molecule has 0 aliphatic carbocycles. The molecule has 1 heterocycles. The number of aromatic hydroxyl groups is 1. The summed E-state index contributed by atoms with van der Waals surface area (Å²) < 4.78 is 16.1. The molecule has 34 heavy (non-hydrogen) atoms. The van der Waals surface area contributed by atoms with Crippen LogP contribution in [0.25, 0.3) is 10.8 Å². The van der Waals surface area contributed by atoms with Crippen LogP contribution in [0.5, 0.6) is 5.75 Å². The number of fused-ring (bicyclic) bond motifs is 1. The topological polar surface area (TPSA) is 96.6 Å². The second-order valence-electron chi connectivity index (χ2n) is 7.65. The van der Waals surface area contributed by atoms with Crippen molar-refractivity contribution in [2.75, 3.05) is 0 Å². The summed E-state index contributed by atoms with van der Waals surface area (Å²) in [5.74, 6) is -0.748. The maximum Gasteiger partial charge on any atom is 0.274 e. The normalized spacial score (nSPS) is 11.6. The molecule has 172 valence electrons. The Labute approximate surface area is 202 Å². The van der Waals surface area contributed by atoms with E-state index in [-0.39, 0.29) is 24.3 Å². The second kappa shape index (κ2) is 9.96. The summed E-state index contributed by atoms with van der Waals surface area (Å²) in [7, 11) is 0. The Kier molecular flexibility index (Phi) is 6.83. The number of phenolic OH excluding ortho intramolecular Hbond substituents is 1. The van der Waals surface area contributed by atoms with Gasteiger partial charge in [-0.15, -0.1) is 0 Å². The van der Waals surface area contributed by atoms with Crippen molar-refractivity contribution in [1.29, 1.82) is 0 Å². The van der Waals surface area contributed by atoms with E-state index in [1.165, 1.54) is 22.9 Å². The van der Waals surface area contributed by atoms with E-state index < -0.39 is 11.7 Å². The highest BCUT2D eigenvalue weighted by Crippen LogP contribution is 2.18. The number of hydrogen-bond donors (Lipinski definition) is 2. The van der Waals surface area contributed by atoms with E-state index in [0.717, 1.165) is 5.56 Å². The molecule has 1 aromatic heterocycles. The molecule has 0 atom stereocenters. The van der Waals surface area contributed by atoms with Crippen LogP contribution in [0.3, 0.4) is 0 Å². The average Bonchev–Trinajstić information content (AvgIpc) is 2.82. The van der Waals surface area contributed by atoms with Crippen molar-refractivity contribution in [2.24, 2.45) is 5.10 Å². The number of hydrazone groups is 1. The highest BCUT2D eigenvalue weighted by Gasteiger charge is 2.15. The number of benzene rings is 3. The Bertz CT molecular complexity index is 1470. The highest BCUT2D eigenvalue weighted by atomic mass is 79.9. The average molecular weight is 523 g/mol. The fourth-order valence-corrected chi connectivity index (χ4v) is 3.79. The fraction of sp³-hybridized carbons (Fsp3) is 0.120. The van der Waals surface area contributed by atoms with Crippen molar-refractivity contribution in [2.45, 2.75) is 19.9 Å². The maximum absolute atomic E-state index is 14.4. The van der Waals surface area contributed by atoms with Gasteiger partial charge in [-0.1, -0.05) is 40.2 Å². The van der Waals surface area contributed by atoms with Gasteiger partial charge in [-0.05, 0) is 55.0 Å². The van der Waals surface area contributed by atoms with Crippen molar-refractivity contribution in [3.8, 4) is 5.75 Å². The first-order valence-corrected chi connectivity index (χ1v) is 11.2. The third kappa shape index (κ3) is 5.20. The number of nitrogens with one attached hydrogen (secondary N) is 1. The molecule has 3 aromatic carbocycles. The van der Waals surface area contributed by atoms with Gasteiger partial charge in [0, 0.05) is 15.4 Å². The minimum Gasteiger partial charge on any atom is -0.508 e. The Hall–Kier alpha value is -3.85. The molecule has 0 aliphatic heterocycles. The van der Waals surface area contributed by atoms with Crippen LogP contribution in [0.2, 0.25) is 0 Å². The lowest BCUT2D eigenvalue weighted by atomic mass is 10.1. The van der Waals surface area contributed by atoms with Gasteiger partial charge in [-0.25, -0.2) is 14.5 Å². The maximum atomic E-state index is 14.4. The van der Waals surface area contributed by atoms with Gasteiger partial charge >= 0.3 is 0 Å². The van der Waals surface area contributed by atoms with Crippen LogP contribution < -0.4 is 11.0 Å². The Morgan fingerprint density at radius 3 is 2.53 bits per heavy atom. The molecule has 1 amide bonds. The summed E-state index contributed by atoms with van der Waals surface area (Å²) in [6, 6.07) is 17.9. The van der Waals surface area contributed by atoms with Crippen LogP contribution in [0.4, 0.5) is 4.39 Å². The molecule has 0 saturated heterocycles. The summed E-state index contributed by atoms with van der Waals surface area (Å²) in [5, 5.41) is 18.8. The van der Waals surface area contributed by atoms with E-state index in [1.54, 1.807) is 55.5 Å². The van der Waals surface area contributed by atoms with Gasteiger partial charge in [0.25, 0.3) is 5.56 Å². The quantitative estimate of drug-likeness (QED) is 0.294. The van der Waals surface area contributed by atoms with Crippen LogP contribution in [-0.2, 0) is 17.8 Å². The van der Waals surface area contributed by atoms with Gasteiger partial charge in [-0.2, -0.15) is 10.2 Å². The number of hydrogen-bond acceptors (Lipinski definition) is 5. The minimum atomic E-state index is -0.463. The molecule has 9 heteroatoms. The lowest BCUT2D eigenvalue weighted by Crippen LogP contribution is -2.28. The van der Waals surface area contributed by atoms with Gasteiger partial charge in [0.05, 0.1) is 29.8 Å². The lowest BCUT2D eigenvalue weighted by molar-refractivity contribution is -0.120. The zero-order valence-electron chi connectivity index (χ0n) is 18.1. The summed E-state index contributed by atoms with van der Waals surface area (Å²) >= 11 is 3.22. The number of amides is 1. The van der Waals surface area contributed by atoms with Crippen molar-refractivity contribution in [3.05, 3.63) is 104 Å². The van der Waals surface area contributed by atoms with E-state index in [1.807, 2.05) is 0 Å². The van der Waals surface area contributed by atoms with E-state index >= 15 is 0 Å². The zero-order valence-corrected chi connectivity index (χ0v) is 19.7. The molecule has 2 N–H and O–H groups in total. The van der Waals surface area contributed by atoms with E-state index in [9.17, 15) is 19.1 Å². The monoisotopic (exact) mass is 522 g/mol. The number of carbonyl (C=O) groups is 1. The third-order valence-electron chi connectivity index (χ3n) is 5.24. The highest BCUT2D eigenvalue weighted by molar-refractivity contribution is 9.10. The van der Waals surface area contributed by atoms with Gasteiger partial charge in [0.15, 0.2) is 0 Å². The first-order chi connectivity index (χ1) is 16.3. The van der Waals surface area contributed by atoms with Crippen LogP contribution >= 0.6 is 15.9 Å². The molecule has 0 bridgehead atoms. The van der Waals surface area contributed by atoms with Crippen LogP contribution in [0.15, 0.2) is 81.1 Å². The fourth-order valence-electron chi connectivity index (χ4n) is 3.46. The van der Waals surface area contributed by atoms with Gasteiger partial charge in [0.2, 0.25) is 5.91 Å². The Morgan fingerprint density at radius 1 is 1.12 bits per heavy atom. The molecule has 0 unspecified atom stereocenters. The number of phenols is 1. The molecule has 7 nitrogen and oxygen atoms in total. The van der Waals surface area contributed by atoms with Crippen molar-refractivity contribution in [1.82, 2.24) is 15.2 Å². The van der Waals surface area contributed by atoms with Gasteiger partial charge in [0.1, 0.15) is 11.6 Å². The first kappa shape index (κ1) is 23.3. The Morgan fingerprint density at radius 2 is 1.82 bits per heavy atom. The summed E-state index contributed by atoms with van der Waals surface area (Å²) in [5.41, 5.74) is 4.11. The van der Waals surface area contributed by atoms with Gasteiger partial charge in [-0.3, -0.25) is 9.59 Å². The molecular formula is C25H20BrFN4O3. The second-order valence-corrected chi connectivity index (χ2v) is 8.56. The number of carbonyl (C=O) groups excluding carboxylic acids is 1. The molecule has 0 fully saturated rings. The third-order valence-corrected chi connectivity index (χ3v) is 5.73. The van der Waals surface area contributed by atoms with E-state index in [0.29, 0.717) is 32.2 Å². The minimum absolute atomic E-state index is 0.0739. The number of halogens is 2. The molecule has 0 saturated carbocycles. The smallest absolute Gasteiger partial charge is 0.274 e. The first-order valence-electron chi connectivity index (χ1n) is 10.4. The van der Waals surface area contributed by atoms with E-state index in [2.05, 4.69) is 31.6 Å². The van der Waals surface area contributed by atoms with E-state index in [4.69, 9.17) is 0 Å². The molecule has 4 rings (SSSR count). The summed E-state index contributed by atoms with van der Waals surface area (Å²) in [6.07, 6.45) is -0.129. The van der Waals surface area contributed by atoms with Crippen LogP contribution in [0.1, 0.15) is 23.7 Å². The summed E-state index contributed by atoms with van der Waals surface area (Å²) in [4.78, 5) is 25.6. The standard InChI is InChI=1S/C25H20BrFN4O3/c1-15(16-7-10-19(32)11-8-16)28-29-24(33)13-23-20-4-2-3-5-21(20)25(34)31(30-23)14-17-6-9-18(26)12-22(17)27/h2-12,32H,13-14H2,1H3,(H,29,33)/b28-15+. The van der Waals surface area contributed by atoms with Crippen molar-refractivity contribution >= 4 is 38.3 Å². The van der Waals surface area contributed by atoms with Crippen molar-refractivity contribution < 1.29 is 14.3 Å². The number of aromatic nitrogens is 2. The lowest BCUT2D eigenvalue weighted by Gasteiger charge is -2.11. The van der Waals surface area contributed by atoms with Crippen molar-refractivity contribution in [3.63, 3.8) is 0 Å². The summed E-state index contributed by atoms with van der Waals surface area (Å²) in [6.45, 7) is 1.66. The predicted molar refractivity (Wildman–Crippen MR) is 131 cm³/mol. The number of rotatable bonds is 6. The van der Waals surface area contributed by atoms with Crippen LogP contribution in [-0.4, -0.2) is 26.5 Å². The molecule has 0 aliphatic rings. The Balaban J connectivity index is 1.62. The largest absolute Gasteiger partial charge is 0.508 e. The molecule has 4 aromatic rings. The zero-order chi connectivity index (χ0) is 24.2. The molecule has 0 spiro atoms. The van der Waals surface area contributed by atoms with Gasteiger partial charge < -0.3 is 5.11 Å².